The summed E-state index contributed by atoms with van der Waals surface area (Å²) in [5.74, 6) is -3.10. The zero-order valence-electron chi connectivity index (χ0n) is 15.4. The Balaban J connectivity index is 1.95. The Bertz CT molecular complexity index is 712. The summed E-state index contributed by atoms with van der Waals surface area (Å²) in [6.07, 6.45) is 1.27. The first-order chi connectivity index (χ1) is 12.6. The summed E-state index contributed by atoms with van der Waals surface area (Å²) in [6, 6.07) is 5.31. The molecule has 1 unspecified atom stereocenters. The van der Waals surface area contributed by atoms with E-state index in [1.807, 2.05) is 13.8 Å². The fourth-order valence-electron chi connectivity index (χ4n) is 2.70. The minimum absolute atomic E-state index is 0.373. The van der Waals surface area contributed by atoms with E-state index in [1.54, 1.807) is 6.92 Å². The van der Waals surface area contributed by atoms with Crippen molar-refractivity contribution < 1.29 is 23.2 Å². The molecule has 0 aliphatic carbocycles. The van der Waals surface area contributed by atoms with E-state index < -0.39 is 35.7 Å². The number of hydrogen-bond donors (Lipinski definition) is 2. The number of urea groups is 1. The van der Waals surface area contributed by atoms with Crippen LogP contribution in [0.4, 0.5) is 19.3 Å². The molecule has 1 fully saturated rings. The van der Waals surface area contributed by atoms with Crippen LogP contribution in [0.15, 0.2) is 29.2 Å². The molecule has 0 spiro atoms. The van der Waals surface area contributed by atoms with Gasteiger partial charge in [-0.05, 0) is 49.9 Å². The van der Waals surface area contributed by atoms with Gasteiger partial charge in [0.1, 0.15) is 12.1 Å². The molecule has 1 aromatic carbocycles. The second kappa shape index (κ2) is 8.69. The molecule has 1 aliphatic rings. The molecule has 1 heterocycles. The molecule has 0 bridgehead atoms. The molecule has 0 radical (unpaired) electrons. The van der Waals surface area contributed by atoms with Gasteiger partial charge in [0.15, 0.2) is 0 Å². The number of nitrogens with zero attached hydrogens (tertiary/aromatic N) is 1. The number of thioether (sulfide) groups is 1. The molecule has 27 heavy (non-hydrogen) atoms. The van der Waals surface area contributed by atoms with Crippen molar-refractivity contribution in [3.8, 4) is 0 Å². The van der Waals surface area contributed by atoms with Crippen molar-refractivity contribution in [1.29, 1.82) is 0 Å². The number of nitrogens with one attached hydrogen (secondary N) is 2. The fraction of sp³-hybridized carbons (Fsp3) is 0.500. The highest BCUT2D eigenvalue weighted by atomic mass is 32.2. The predicted octanol–water partition coefficient (Wildman–Crippen LogP) is 3.69. The Morgan fingerprint density at radius 2 is 1.89 bits per heavy atom. The lowest BCUT2D eigenvalue weighted by atomic mass is 9.92. The van der Waals surface area contributed by atoms with Crippen molar-refractivity contribution in [3.63, 3.8) is 0 Å². The van der Waals surface area contributed by atoms with Crippen molar-refractivity contribution in [2.75, 3.05) is 11.9 Å². The van der Waals surface area contributed by atoms with Crippen LogP contribution in [0.25, 0.3) is 0 Å². The van der Waals surface area contributed by atoms with E-state index in [2.05, 4.69) is 10.6 Å². The summed E-state index contributed by atoms with van der Waals surface area (Å²) in [4.78, 5) is 38.2. The number of carbonyl (C=O) groups is 3. The first kappa shape index (κ1) is 21.1. The molecular formula is C18H23F2N3O3S. The normalized spacial score (nSPS) is 19.7. The molecule has 9 heteroatoms. The molecule has 1 saturated heterocycles. The van der Waals surface area contributed by atoms with E-state index in [0.717, 1.165) is 11.3 Å². The number of benzene rings is 1. The summed E-state index contributed by atoms with van der Waals surface area (Å²) >= 11 is 0.407. The molecule has 2 rings (SSSR count). The van der Waals surface area contributed by atoms with Crippen LogP contribution in [0.2, 0.25) is 0 Å². The van der Waals surface area contributed by atoms with Gasteiger partial charge in [-0.25, -0.2) is 4.79 Å². The van der Waals surface area contributed by atoms with Crippen molar-refractivity contribution in [3.05, 3.63) is 24.3 Å². The van der Waals surface area contributed by atoms with Crippen molar-refractivity contribution in [2.45, 2.75) is 49.8 Å². The second-order valence-electron chi connectivity index (χ2n) is 7.04. The van der Waals surface area contributed by atoms with Crippen molar-refractivity contribution in [1.82, 2.24) is 10.2 Å². The highest BCUT2D eigenvalue weighted by Crippen LogP contribution is 2.27. The van der Waals surface area contributed by atoms with E-state index in [0.29, 0.717) is 34.7 Å². The van der Waals surface area contributed by atoms with Crippen LogP contribution in [0.5, 0.6) is 0 Å². The summed E-state index contributed by atoms with van der Waals surface area (Å²) in [6.45, 7) is 5.31. The monoisotopic (exact) mass is 399 g/mol. The number of imide groups is 1. The van der Waals surface area contributed by atoms with Gasteiger partial charge >= 0.3 is 6.03 Å². The van der Waals surface area contributed by atoms with Crippen LogP contribution < -0.4 is 10.6 Å². The number of anilines is 1. The summed E-state index contributed by atoms with van der Waals surface area (Å²) in [7, 11) is 0. The van der Waals surface area contributed by atoms with E-state index in [9.17, 15) is 23.2 Å². The highest BCUT2D eigenvalue weighted by molar-refractivity contribution is 7.99. The largest absolute Gasteiger partial charge is 0.325 e. The maximum absolute atomic E-state index is 12.6. The van der Waals surface area contributed by atoms with Crippen LogP contribution in [0.3, 0.4) is 0 Å². The van der Waals surface area contributed by atoms with Crippen LogP contribution in [0.1, 0.15) is 33.6 Å². The van der Waals surface area contributed by atoms with Gasteiger partial charge in [0, 0.05) is 10.6 Å². The fourth-order valence-corrected chi connectivity index (χ4v) is 3.20. The summed E-state index contributed by atoms with van der Waals surface area (Å²) in [5, 5.41) is 5.22. The molecule has 6 nitrogen and oxygen atoms in total. The maximum atomic E-state index is 12.6. The summed E-state index contributed by atoms with van der Waals surface area (Å²) < 4.78 is 24.6. The van der Waals surface area contributed by atoms with Gasteiger partial charge < -0.3 is 10.6 Å². The third-order valence-electron chi connectivity index (χ3n) is 4.23. The van der Waals surface area contributed by atoms with Gasteiger partial charge in [0.2, 0.25) is 5.91 Å². The van der Waals surface area contributed by atoms with E-state index >= 15 is 0 Å². The first-order valence-corrected chi connectivity index (χ1v) is 9.47. The Morgan fingerprint density at radius 1 is 1.26 bits per heavy atom. The Hall–Kier alpha value is -2.16. The topological polar surface area (TPSA) is 78.5 Å². The van der Waals surface area contributed by atoms with Gasteiger partial charge in [-0.3, -0.25) is 14.5 Å². The van der Waals surface area contributed by atoms with Gasteiger partial charge in [-0.15, -0.1) is 0 Å². The lowest BCUT2D eigenvalue weighted by molar-refractivity contribution is -0.133. The van der Waals surface area contributed by atoms with Gasteiger partial charge in [-0.2, -0.15) is 8.78 Å². The Morgan fingerprint density at radius 3 is 2.44 bits per heavy atom. The van der Waals surface area contributed by atoms with Gasteiger partial charge in [0.25, 0.3) is 11.7 Å². The van der Waals surface area contributed by atoms with Crippen molar-refractivity contribution >= 4 is 35.3 Å². The standard InChI is InChI=1S/C18H23F2N3O3S/c1-11(2)8-9-18(3)15(25)23(17(26)22-18)10-14(24)21-12-4-6-13(7-5-12)27-16(19)20/h4-7,11,16H,8-10H2,1-3H3,(H,21,24)(H,22,26). The Kier molecular flexibility index (Phi) is 6.80. The molecule has 148 valence electrons. The van der Waals surface area contributed by atoms with E-state index in [-0.39, 0.29) is 0 Å². The molecule has 1 atom stereocenters. The van der Waals surface area contributed by atoms with Crippen LogP contribution in [0, 0.1) is 5.92 Å². The zero-order chi connectivity index (χ0) is 20.2. The third-order valence-corrected chi connectivity index (χ3v) is 4.95. The minimum atomic E-state index is -2.52. The third kappa shape index (κ3) is 5.66. The minimum Gasteiger partial charge on any atom is -0.325 e. The molecule has 1 aliphatic heterocycles. The van der Waals surface area contributed by atoms with E-state index in [1.165, 1.54) is 24.3 Å². The number of alkyl halides is 2. The van der Waals surface area contributed by atoms with Gasteiger partial charge in [0.05, 0.1) is 0 Å². The highest BCUT2D eigenvalue weighted by Gasteiger charge is 2.47. The number of carbonyl (C=O) groups excluding carboxylic acids is 3. The van der Waals surface area contributed by atoms with Crippen molar-refractivity contribution in [2.24, 2.45) is 5.92 Å². The molecule has 0 saturated carbocycles. The predicted molar refractivity (Wildman–Crippen MR) is 99.7 cm³/mol. The number of amides is 4. The quantitative estimate of drug-likeness (QED) is 0.516. The average Bonchev–Trinajstić information content (AvgIpc) is 2.78. The second-order valence-corrected chi connectivity index (χ2v) is 8.10. The molecule has 0 aromatic heterocycles. The van der Waals surface area contributed by atoms with Gasteiger partial charge in [-0.1, -0.05) is 25.6 Å². The molecule has 1 aromatic rings. The lowest BCUT2D eigenvalue weighted by Crippen LogP contribution is -2.44. The number of rotatable bonds is 8. The van der Waals surface area contributed by atoms with E-state index in [4.69, 9.17) is 0 Å². The van der Waals surface area contributed by atoms with Crippen LogP contribution >= 0.6 is 11.8 Å². The zero-order valence-corrected chi connectivity index (χ0v) is 16.2. The molecule has 2 N–H and O–H groups in total. The SMILES string of the molecule is CC(C)CCC1(C)NC(=O)N(CC(=O)Nc2ccc(SC(F)F)cc2)C1=O. The Labute approximate surface area is 161 Å². The smallest absolute Gasteiger partial charge is 0.325 e. The number of hydrogen-bond acceptors (Lipinski definition) is 4. The van der Waals surface area contributed by atoms with Crippen LogP contribution in [-0.4, -0.2) is 40.6 Å². The molecular weight excluding hydrogens is 376 g/mol. The number of halogens is 2. The maximum Gasteiger partial charge on any atom is 0.325 e. The van der Waals surface area contributed by atoms with Crippen LogP contribution in [-0.2, 0) is 9.59 Å². The lowest BCUT2D eigenvalue weighted by Gasteiger charge is -2.22. The molecule has 4 amide bonds. The summed E-state index contributed by atoms with van der Waals surface area (Å²) in [5.41, 5.74) is -0.608. The first-order valence-electron chi connectivity index (χ1n) is 8.59. The average molecular weight is 399 g/mol.